The summed E-state index contributed by atoms with van der Waals surface area (Å²) in [5, 5.41) is 0. The third-order valence-electron chi connectivity index (χ3n) is 6.04. The molecule has 132 valence electrons. The van der Waals surface area contributed by atoms with Gasteiger partial charge in [-0.1, -0.05) is 61.4 Å². The number of hydrogen-bond acceptors (Lipinski definition) is 2. The monoisotopic (exact) mass is 337 g/mol. The first-order valence-corrected chi connectivity index (χ1v) is 9.56. The lowest BCUT2D eigenvalue weighted by atomic mass is 9.98. The molecule has 25 heavy (non-hydrogen) atoms. The zero-order valence-electron chi connectivity index (χ0n) is 18.2. The molecule has 2 heteroatoms. The number of aryl methyl sites for hydroxylation is 1. The van der Waals surface area contributed by atoms with Crippen LogP contribution in [0.1, 0.15) is 60.7 Å². The van der Waals surface area contributed by atoms with Gasteiger partial charge in [0.05, 0.1) is 12.2 Å². The van der Waals surface area contributed by atoms with E-state index >= 15 is 0 Å². The van der Waals surface area contributed by atoms with Crippen LogP contribution in [-0.4, -0.2) is 23.1 Å². The van der Waals surface area contributed by atoms with Gasteiger partial charge in [-0.05, 0) is 50.7 Å². The predicted octanol–water partition coefficient (Wildman–Crippen LogP) is 5.54. The van der Waals surface area contributed by atoms with Crippen LogP contribution in [0.4, 0.5) is 5.69 Å². The molecule has 3 atom stereocenters. The van der Waals surface area contributed by atoms with E-state index < -0.39 is 13.0 Å². The van der Waals surface area contributed by atoms with Crippen molar-refractivity contribution in [2.24, 2.45) is 0 Å². The Morgan fingerprint density at radius 2 is 1.64 bits per heavy atom. The van der Waals surface area contributed by atoms with E-state index in [1.54, 1.807) is 0 Å². The van der Waals surface area contributed by atoms with E-state index in [1.165, 1.54) is 18.4 Å². The van der Waals surface area contributed by atoms with E-state index in [9.17, 15) is 0 Å². The van der Waals surface area contributed by atoms with E-state index in [-0.39, 0.29) is 12.1 Å². The Balaban J connectivity index is 1.87. The van der Waals surface area contributed by atoms with Gasteiger partial charge in [-0.25, -0.2) is 0 Å². The largest absolute Gasteiger partial charge is 0.351 e. The fourth-order valence-corrected chi connectivity index (χ4v) is 4.85. The summed E-state index contributed by atoms with van der Waals surface area (Å²) in [5.41, 5.74) is 3.38. The molecule has 0 radical (unpaired) electrons. The molecular formula is C23H30N2. The molecule has 0 N–H and O–H groups in total. The first-order valence-electron chi connectivity index (χ1n) is 11.1. The summed E-state index contributed by atoms with van der Waals surface area (Å²) in [4.78, 5) is 4.52. The van der Waals surface area contributed by atoms with Gasteiger partial charge in [-0.3, -0.25) is 4.90 Å². The van der Waals surface area contributed by atoms with Crippen LogP contribution in [0.15, 0.2) is 54.6 Å². The number of para-hydroxylation sites is 1. The zero-order chi connectivity index (χ0) is 19.9. The molecule has 0 spiro atoms. The molecule has 1 aliphatic heterocycles. The summed E-state index contributed by atoms with van der Waals surface area (Å²) >= 11 is 0. The van der Waals surface area contributed by atoms with Crippen molar-refractivity contribution in [1.82, 2.24) is 4.90 Å². The van der Waals surface area contributed by atoms with Gasteiger partial charge >= 0.3 is 0 Å². The molecule has 2 fully saturated rings. The SMILES string of the molecule is [2H]C([2H])([2H])C1N(C2CCCC2)C(c2ccccc2)[C@H](C)N1c1ccccc1C. The molecule has 1 saturated heterocycles. The fourth-order valence-electron chi connectivity index (χ4n) is 4.85. The van der Waals surface area contributed by atoms with Gasteiger partial charge in [0, 0.05) is 21.9 Å². The summed E-state index contributed by atoms with van der Waals surface area (Å²) in [7, 11) is 0. The Labute approximate surface area is 156 Å². The zero-order valence-corrected chi connectivity index (χ0v) is 15.2. The van der Waals surface area contributed by atoms with Gasteiger partial charge in [0.2, 0.25) is 0 Å². The quantitative estimate of drug-likeness (QED) is 0.726. The van der Waals surface area contributed by atoms with Crippen LogP contribution >= 0.6 is 0 Å². The second-order valence-corrected chi connectivity index (χ2v) is 7.55. The highest BCUT2D eigenvalue weighted by atomic mass is 15.5. The van der Waals surface area contributed by atoms with Gasteiger partial charge in [0.25, 0.3) is 0 Å². The Morgan fingerprint density at radius 3 is 2.32 bits per heavy atom. The van der Waals surface area contributed by atoms with Crippen LogP contribution in [0.25, 0.3) is 0 Å². The summed E-state index contributed by atoms with van der Waals surface area (Å²) in [6.45, 7) is 2.19. The topological polar surface area (TPSA) is 6.48 Å². The Morgan fingerprint density at radius 1 is 0.960 bits per heavy atom. The van der Waals surface area contributed by atoms with E-state index in [1.807, 2.05) is 18.2 Å². The second-order valence-electron chi connectivity index (χ2n) is 7.55. The van der Waals surface area contributed by atoms with Crippen molar-refractivity contribution < 1.29 is 4.11 Å². The minimum absolute atomic E-state index is 0.0781. The Kier molecular flexibility index (Phi) is 3.67. The smallest absolute Gasteiger partial charge is 0.0804 e. The summed E-state index contributed by atoms with van der Waals surface area (Å²) in [5.74, 6) is 0. The van der Waals surface area contributed by atoms with E-state index in [4.69, 9.17) is 4.11 Å². The van der Waals surface area contributed by atoms with Crippen molar-refractivity contribution >= 4 is 5.69 Å². The van der Waals surface area contributed by atoms with Crippen LogP contribution in [0.3, 0.4) is 0 Å². The van der Waals surface area contributed by atoms with Crippen molar-refractivity contribution in [1.29, 1.82) is 0 Å². The second kappa shape index (κ2) is 6.84. The number of nitrogens with zero attached hydrogens (tertiary/aromatic N) is 2. The van der Waals surface area contributed by atoms with Gasteiger partial charge in [-0.15, -0.1) is 0 Å². The highest BCUT2D eigenvalue weighted by molar-refractivity contribution is 5.56. The van der Waals surface area contributed by atoms with Gasteiger partial charge in [-0.2, -0.15) is 0 Å². The Bertz CT molecular complexity index is 799. The molecule has 0 aromatic heterocycles. The maximum Gasteiger partial charge on any atom is 0.0804 e. The average molecular weight is 338 g/mol. The first kappa shape index (κ1) is 13.4. The molecule has 0 bridgehead atoms. The summed E-state index contributed by atoms with van der Waals surface area (Å²) in [6.07, 6.45) is 3.95. The number of rotatable bonds is 3. The molecule has 2 aliphatic rings. The van der Waals surface area contributed by atoms with E-state index in [0.717, 1.165) is 24.1 Å². The van der Waals surface area contributed by atoms with Crippen molar-refractivity contribution in [2.45, 2.75) is 70.7 Å². The predicted molar refractivity (Wildman–Crippen MR) is 106 cm³/mol. The normalized spacial score (nSPS) is 30.2. The van der Waals surface area contributed by atoms with Gasteiger partial charge in [0.15, 0.2) is 0 Å². The molecule has 1 heterocycles. The third kappa shape index (κ3) is 2.87. The average Bonchev–Trinajstić information content (AvgIpc) is 3.28. The lowest BCUT2D eigenvalue weighted by Crippen LogP contribution is -2.42. The maximum atomic E-state index is 8.47. The molecule has 2 nitrogen and oxygen atoms in total. The fraction of sp³-hybridized carbons (Fsp3) is 0.478. The molecular weight excluding hydrogens is 304 g/mol. The minimum atomic E-state index is -2.08. The van der Waals surface area contributed by atoms with E-state index in [0.29, 0.717) is 6.04 Å². The highest BCUT2D eigenvalue weighted by Crippen LogP contribution is 2.45. The van der Waals surface area contributed by atoms with Crippen LogP contribution in [0, 0.1) is 6.92 Å². The number of anilines is 1. The molecule has 0 amide bonds. The van der Waals surface area contributed by atoms with Gasteiger partial charge < -0.3 is 4.90 Å². The molecule has 2 aromatic rings. The van der Waals surface area contributed by atoms with Crippen LogP contribution < -0.4 is 4.90 Å². The summed E-state index contributed by atoms with van der Waals surface area (Å²) in [6, 6.07) is 19.1. The van der Waals surface area contributed by atoms with E-state index in [2.05, 4.69) is 60.0 Å². The third-order valence-corrected chi connectivity index (χ3v) is 6.04. The number of benzene rings is 2. The lowest BCUT2D eigenvalue weighted by molar-refractivity contribution is 0.136. The standard InChI is InChI=1S/C23H30N2/c1-17-11-7-10-16-22(17)24-18(2)23(20-12-5-4-6-13-20)25(19(24)3)21-14-8-9-15-21/h4-7,10-13,16,18-19,21,23H,8-9,14-15H2,1-3H3/t18-,19?,23?/m0/s1/i3D3. The minimum Gasteiger partial charge on any atom is -0.351 e. The molecule has 2 aromatic carbocycles. The van der Waals surface area contributed by atoms with Crippen molar-refractivity contribution in [3.8, 4) is 0 Å². The van der Waals surface area contributed by atoms with Crippen LogP contribution in [0.5, 0.6) is 0 Å². The molecule has 2 unspecified atom stereocenters. The number of hydrogen-bond donors (Lipinski definition) is 0. The maximum absolute atomic E-state index is 8.47. The summed E-state index contributed by atoms with van der Waals surface area (Å²) < 4.78 is 25.4. The Hall–Kier alpha value is -1.80. The van der Waals surface area contributed by atoms with Crippen molar-refractivity contribution in [3.05, 3.63) is 65.7 Å². The van der Waals surface area contributed by atoms with Crippen LogP contribution in [-0.2, 0) is 0 Å². The van der Waals surface area contributed by atoms with Crippen molar-refractivity contribution in [3.63, 3.8) is 0 Å². The molecule has 1 aliphatic carbocycles. The molecule has 1 saturated carbocycles. The van der Waals surface area contributed by atoms with Crippen molar-refractivity contribution in [2.75, 3.05) is 4.90 Å². The highest BCUT2D eigenvalue weighted by Gasteiger charge is 2.46. The molecule has 4 rings (SSSR count). The van der Waals surface area contributed by atoms with Gasteiger partial charge in [0.1, 0.15) is 0 Å². The lowest BCUT2D eigenvalue weighted by Gasteiger charge is -2.35. The first-order chi connectivity index (χ1) is 13.4. The van der Waals surface area contributed by atoms with Crippen LogP contribution in [0.2, 0.25) is 0 Å².